The first-order valence-electron chi connectivity index (χ1n) is 7.85. The third-order valence-corrected chi connectivity index (χ3v) is 4.52. The third-order valence-electron chi connectivity index (χ3n) is 3.60. The van der Waals surface area contributed by atoms with Crippen molar-refractivity contribution in [2.24, 2.45) is 4.99 Å². The van der Waals surface area contributed by atoms with Crippen molar-refractivity contribution >= 4 is 34.5 Å². The van der Waals surface area contributed by atoms with Gasteiger partial charge in [0.05, 0.1) is 35.2 Å². The molecule has 0 saturated carbocycles. The second kappa shape index (κ2) is 7.60. The molecule has 0 saturated heterocycles. The fraction of sp³-hybridized carbons (Fsp3) is 0.412. The maximum atomic E-state index is 13.2. The van der Waals surface area contributed by atoms with Gasteiger partial charge >= 0.3 is 12.1 Å². The molecular formula is C17H16F3N3O3S. The zero-order valence-corrected chi connectivity index (χ0v) is 15.6. The number of esters is 1. The molecule has 6 nitrogen and oxygen atoms in total. The van der Waals surface area contributed by atoms with Gasteiger partial charge in [0.25, 0.3) is 5.91 Å². The average molecular weight is 399 g/mol. The number of hydrogen-bond acceptors (Lipinski definition) is 6. The Bertz CT molecular complexity index is 844. The number of amidine groups is 1. The summed E-state index contributed by atoms with van der Waals surface area (Å²) < 4.78 is 44.5. The summed E-state index contributed by atoms with van der Waals surface area (Å²) in [6.45, 7) is 4.87. The van der Waals surface area contributed by atoms with E-state index in [1.807, 2.05) is 0 Å². The molecule has 0 spiro atoms. The molecule has 0 aromatic heterocycles. The van der Waals surface area contributed by atoms with Gasteiger partial charge in [-0.05, 0) is 39.0 Å². The second-order valence-electron chi connectivity index (χ2n) is 6.03. The summed E-state index contributed by atoms with van der Waals surface area (Å²) in [6.07, 6.45) is -4.76. The number of halogens is 3. The predicted octanol–water partition coefficient (Wildman–Crippen LogP) is 3.35. The van der Waals surface area contributed by atoms with Crippen molar-refractivity contribution in [2.75, 3.05) is 17.3 Å². The van der Waals surface area contributed by atoms with Gasteiger partial charge in [0, 0.05) is 0 Å². The molecule has 1 heterocycles. The Kier molecular flexibility index (Phi) is 5.85. The molecule has 0 unspecified atom stereocenters. The number of carbonyl (C=O) groups is 2. The third kappa shape index (κ3) is 4.42. The molecule has 1 aromatic carbocycles. The molecule has 144 valence electrons. The highest BCUT2D eigenvalue weighted by Gasteiger charge is 2.43. The Morgan fingerprint density at radius 2 is 2.07 bits per heavy atom. The molecule has 0 aliphatic carbocycles. The summed E-state index contributed by atoms with van der Waals surface area (Å²) in [7, 11) is 0. The summed E-state index contributed by atoms with van der Waals surface area (Å²) in [6, 6.07) is 4.48. The van der Waals surface area contributed by atoms with Crippen LogP contribution in [0.25, 0.3) is 0 Å². The summed E-state index contributed by atoms with van der Waals surface area (Å²) in [5, 5.41) is 9.00. The number of benzene rings is 1. The molecule has 1 amide bonds. The van der Waals surface area contributed by atoms with Crippen LogP contribution in [0.15, 0.2) is 23.2 Å². The zero-order chi connectivity index (χ0) is 20.4. The lowest BCUT2D eigenvalue weighted by molar-refractivity contribution is -0.140. The highest BCUT2D eigenvalue weighted by Crippen LogP contribution is 2.37. The SMILES string of the molecule is CCOC(=O)CSC1=NC(C)(C)C(=O)N1c1ccc(C#N)c(C(F)(F)F)c1. The lowest BCUT2D eigenvalue weighted by Crippen LogP contribution is -2.39. The molecule has 0 N–H and O–H groups in total. The van der Waals surface area contributed by atoms with E-state index in [0.717, 1.165) is 28.8 Å². The molecule has 1 aromatic rings. The average Bonchev–Trinajstić information content (AvgIpc) is 2.81. The van der Waals surface area contributed by atoms with Gasteiger partial charge in [-0.15, -0.1) is 0 Å². The van der Waals surface area contributed by atoms with Crippen molar-refractivity contribution in [2.45, 2.75) is 32.5 Å². The van der Waals surface area contributed by atoms with Crippen LogP contribution in [0.2, 0.25) is 0 Å². The van der Waals surface area contributed by atoms with Gasteiger partial charge in [-0.3, -0.25) is 14.5 Å². The molecule has 10 heteroatoms. The first-order valence-corrected chi connectivity index (χ1v) is 8.84. The van der Waals surface area contributed by atoms with Gasteiger partial charge in [-0.1, -0.05) is 11.8 Å². The van der Waals surface area contributed by atoms with Crippen LogP contribution in [0.5, 0.6) is 0 Å². The Balaban J connectivity index is 2.42. The van der Waals surface area contributed by atoms with Gasteiger partial charge in [0.2, 0.25) is 0 Å². The lowest BCUT2D eigenvalue weighted by atomic mass is 10.0. The van der Waals surface area contributed by atoms with E-state index in [4.69, 9.17) is 10.00 Å². The van der Waals surface area contributed by atoms with Crippen molar-refractivity contribution in [1.29, 1.82) is 5.26 Å². The van der Waals surface area contributed by atoms with Crippen LogP contribution in [0.3, 0.4) is 0 Å². The van der Waals surface area contributed by atoms with Crippen LogP contribution in [0.1, 0.15) is 31.9 Å². The molecule has 1 aliphatic rings. The highest BCUT2D eigenvalue weighted by molar-refractivity contribution is 8.14. The van der Waals surface area contributed by atoms with E-state index < -0.39 is 34.7 Å². The standard InChI is InChI=1S/C17H16F3N3O3S/c1-4-26-13(24)9-27-15-22-16(2,3)14(25)23(15)11-6-5-10(8-21)12(7-11)17(18,19)20/h5-7H,4,9H2,1-3H3. The minimum absolute atomic E-state index is 0.0768. The summed E-state index contributed by atoms with van der Waals surface area (Å²) in [4.78, 5) is 29.5. The van der Waals surface area contributed by atoms with Crippen LogP contribution in [-0.4, -0.2) is 34.9 Å². The monoisotopic (exact) mass is 399 g/mol. The number of nitrogens with zero attached hydrogens (tertiary/aromatic N) is 3. The second-order valence-corrected chi connectivity index (χ2v) is 6.97. The topological polar surface area (TPSA) is 82.8 Å². The van der Waals surface area contributed by atoms with Gasteiger partial charge < -0.3 is 4.74 Å². The van der Waals surface area contributed by atoms with Crippen LogP contribution >= 0.6 is 11.8 Å². The number of rotatable bonds is 4. The van der Waals surface area contributed by atoms with Crippen LogP contribution < -0.4 is 4.90 Å². The highest BCUT2D eigenvalue weighted by atomic mass is 32.2. The van der Waals surface area contributed by atoms with Crippen molar-refractivity contribution < 1.29 is 27.5 Å². The van der Waals surface area contributed by atoms with Crippen LogP contribution in [-0.2, 0) is 20.5 Å². The molecule has 1 aliphatic heterocycles. The quantitative estimate of drug-likeness (QED) is 0.725. The largest absolute Gasteiger partial charge is 0.465 e. The minimum atomic E-state index is -4.76. The zero-order valence-electron chi connectivity index (χ0n) is 14.8. The maximum Gasteiger partial charge on any atom is 0.417 e. The summed E-state index contributed by atoms with van der Waals surface area (Å²) in [5.41, 5.74) is -2.96. The molecule has 0 radical (unpaired) electrons. The summed E-state index contributed by atoms with van der Waals surface area (Å²) in [5.74, 6) is -1.21. The molecule has 0 fully saturated rings. The van der Waals surface area contributed by atoms with Gasteiger partial charge in [-0.2, -0.15) is 18.4 Å². The number of hydrogen-bond donors (Lipinski definition) is 0. The van der Waals surface area contributed by atoms with Crippen molar-refractivity contribution in [3.8, 4) is 6.07 Å². The fourth-order valence-electron chi connectivity index (χ4n) is 2.35. The maximum absolute atomic E-state index is 13.2. The summed E-state index contributed by atoms with van der Waals surface area (Å²) >= 11 is 0.899. The first kappa shape index (κ1) is 20.8. The number of thioether (sulfide) groups is 1. The smallest absolute Gasteiger partial charge is 0.417 e. The molecule has 0 atom stereocenters. The minimum Gasteiger partial charge on any atom is -0.465 e. The van der Waals surface area contributed by atoms with E-state index in [1.165, 1.54) is 26.0 Å². The number of carbonyl (C=O) groups excluding carboxylic acids is 2. The van der Waals surface area contributed by atoms with E-state index in [1.54, 1.807) is 6.92 Å². The predicted molar refractivity (Wildman–Crippen MR) is 94.3 cm³/mol. The van der Waals surface area contributed by atoms with E-state index in [9.17, 15) is 22.8 Å². The molecule has 2 rings (SSSR count). The van der Waals surface area contributed by atoms with Crippen molar-refractivity contribution in [3.05, 3.63) is 29.3 Å². The van der Waals surface area contributed by atoms with Gasteiger partial charge in [0.1, 0.15) is 5.54 Å². The number of ether oxygens (including phenoxy) is 1. The first-order chi connectivity index (χ1) is 12.5. The Morgan fingerprint density at radius 1 is 1.41 bits per heavy atom. The van der Waals surface area contributed by atoms with Crippen LogP contribution in [0, 0.1) is 11.3 Å². The van der Waals surface area contributed by atoms with E-state index >= 15 is 0 Å². The number of amides is 1. The molecule has 0 bridgehead atoms. The fourth-order valence-corrected chi connectivity index (χ4v) is 3.29. The van der Waals surface area contributed by atoms with E-state index in [2.05, 4.69) is 4.99 Å². The Morgan fingerprint density at radius 3 is 2.63 bits per heavy atom. The molecular weight excluding hydrogens is 383 g/mol. The van der Waals surface area contributed by atoms with Crippen molar-refractivity contribution in [3.63, 3.8) is 0 Å². The van der Waals surface area contributed by atoms with Gasteiger partial charge in [-0.25, -0.2) is 4.99 Å². The van der Waals surface area contributed by atoms with Crippen molar-refractivity contribution in [1.82, 2.24) is 0 Å². The number of nitriles is 1. The normalized spacial score (nSPS) is 16.1. The Labute approximate surface area is 158 Å². The van der Waals surface area contributed by atoms with Gasteiger partial charge in [0.15, 0.2) is 5.17 Å². The number of aliphatic imine (C=N–C) groups is 1. The lowest BCUT2D eigenvalue weighted by Gasteiger charge is -2.22. The van der Waals surface area contributed by atoms with Crippen LogP contribution in [0.4, 0.5) is 18.9 Å². The van der Waals surface area contributed by atoms with E-state index in [-0.39, 0.29) is 23.2 Å². The van der Waals surface area contributed by atoms with E-state index in [0.29, 0.717) is 0 Å². The number of anilines is 1. The molecule has 27 heavy (non-hydrogen) atoms. The Hall–Kier alpha value is -2.54. The number of alkyl halides is 3.